The van der Waals surface area contributed by atoms with Gasteiger partial charge in [0.15, 0.2) is 0 Å². The van der Waals surface area contributed by atoms with Crippen molar-refractivity contribution in [1.29, 1.82) is 5.26 Å². The molecule has 2 rings (SSSR count). The molecule has 0 aromatic heterocycles. The van der Waals surface area contributed by atoms with E-state index in [4.69, 9.17) is 5.26 Å². The molecule has 2 aliphatic rings. The molecule has 48 valence electrons. The highest BCUT2D eigenvalue weighted by molar-refractivity contribution is 5.03. The molecule has 1 heterocycles. The van der Waals surface area contributed by atoms with Gasteiger partial charge in [-0.2, -0.15) is 5.26 Å². The maximum absolute atomic E-state index is 8.51. The Morgan fingerprint density at radius 3 is 2.89 bits per heavy atom. The van der Waals surface area contributed by atoms with Crippen molar-refractivity contribution >= 4 is 0 Å². The molecule has 0 amide bonds. The maximum Gasteiger partial charge on any atom is 0.0955 e. The molecule has 1 saturated carbocycles. The maximum atomic E-state index is 8.51. The topological polar surface area (TPSA) is 35.8 Å². The number of piperidine rings is 1. The summed E-state index contributed by atoms with van der Waals surface area (Å²) >= 11 is 0. The van der Waals surface area contributed by atoms with Crippen LogP contribution in [-0.4, -0.2) is 12.6 Å². The lowest BCUT2D eigenvalue weighted by molar-refractivity contribution is 0.441. The van der Waals surface area contributed by atoms with Crippen LogP contribution in [0.5, 0.6) is 0 Å². The van der Waals surface area contributed by atoms with Crippen LogP contribution in [0.4, 0.5) is 0 Å². The Morgan fingerprint density at radius 1 is 1.33 bits per heavy atom. The second-order valence-corrected chi connectivity index (χ2v) is 3.08. The molecule has 3 unspecified atom stereocenters. The number of rotatable bonds is 0. The third kappa shape index (κ3) is 0.818. The molecule has 2 heteroatoms. The van der Waals surface area contributed by atoms with Gasteiger partial charge in [-0.1, -0.05) is 0 Å². The first kappa shape index (κ1) is 5.25. The van der Waals surface area contributed by atoms with Gasteiger partial charge in [0.25, 0.3) is 0 Å². The summed E-state index contributed by atoms with van der Waals surface area (Å²) in [5.74, 6) is 1.82. The number of nitriles is 1. The lowest BCUT2D eigenvalue weighted by Gasteiger charge is -2.15. The summed E-state index contributed by atoms with van der Waals surface area (Å²) in [6.45, 7) is 1.09. The second kappa shape index (κ2) is 1.71. The predicted octanol–water partition coefficient (Wildman–Crippen LogP) is 0.508. The third-order valence-corrected chi connectivity index (χ3v) is 2.39. The molecule has 0 aromatic rings. The van der Waals surface area contributed by atoms with E-state index < -0.39 is 0 Å². The van der Waals surface area contributed by atoms with Gasteiger partial charge in [0.2, 0.25) is 0 Å². The van der Waals surface area contributed by atoms with Crippen LogP contribution in [0.3, 0.4) is 0 Å². The second-order valence-electron chi connectivity index (χ2n) is 3.08. The minimum Gasteiger partial charge on any atom is -0.302 e. The van der Waals surface area contributed by atoms with Crippen molar-refractivity contribution < 1.29 is 0 Å². The molecule has 0 spiro atoms. The van der Waals surface area contributed by atoms with E-state index in [0.29, 0.717) is 0 Å². The Bertz CT molecular complexity index is 159. The fourth-order valence-electron chi connectivity index (χ4n) is 1.63. The zero-order chi connectivity index (χ0) is 6.27. The average Bonchev–Trinajstić information content (AvgIpc) is 2.64. The smallest absolute Gasteiger partial charge is 0.0955 e. The number of hydrogen-bond donors (Lipinski definition) is 1. The number of nitrogens with one attached hydrogen (secondary N) is 1. The van der Waals surface area contributed by atoms with Gasteiger partial charge in [0.05, 0.1) is 12.1 Å². The zero-order valence-electron chi connectivity index (χ0n) is 5.30. The monoisotopic (exact) mass is 122 g/mol. The molecule has 1 saturated heterocycles. The van der Waals surface area contributed by atoms with Crippen LogP contribution >= 0.6 is 0 Å². The van der Waals surface area contributed by atoms with Gasteiger partial charge in [-0.3, -0.25) is 0 Å². The Morgan fingerprint density at radius 2 is 2.22 bits per heavy atom. The summed E-state index contributed by atoms with van der Waals surface area (Å²) in [4.78, 5) is 0. The van der Waals surface area contributed by atoms with Gasteiger partial charge < -0.3 is 5.32 Å². The summed E-state index contributed by atoms with van der Waals surface area (Å²) in [7, 11) is 0. The SMILES string of the molecule is N#CC1CC2CC2CN1. The van der Waals surface area contributed by atoms with E-state index in [-0.39, 0.29) is 6.04 Å². The van der Waals surface area contributed by atoms with E-state index in [1.54, 1.807) is 0 Å². The van der Waals surface area contributed by atoms with Crippen molar-refractivity contribution in [3.63, 3.8) is 0 Å². The van der Waals surface area contributed by atoms with Crippen molar-refractivity contribution in [1.82, 2.24) is 5.32 Å². The highest BCUT2D eigenvalue weighted by Crippen LogP contribution is 2.43. The summed E-state index contributed by atoms with van der Waals surface area (Å²) in [6.07, 6.45) is 2.46. The summed E-state index contributed by atoms with van der Waals surface area (Å²) in [6, 6.07) is 2.41. The lowest BCUT2D eigenvalue weighted by atomic mass is 10.1. The van der Waals surface area contributed by atoms with Crippen molar-refractivity contribution in [2.75, 3.05) is 6.54 Å². The first-order chi connectivity index (χ1) is 4.40. The Balaban J connectivity index is 1.95. The summed E-state index contributed by atoms with van der Waals surface area (Å²) in [5, 5.41) is 11.7. The molecule has 0 aromatic carbocycles. The highest BCUT2D eigenvalue weighted by Gasteiger charge is 2.41. The molecule has 9 heavy (non-hydrogen) atoms. The van der Waals surface area contributed by atoms with E-state index in [0.717, 1.165) is 24.8 Å². The van der Waals surface area contributed by atoms with E-state index in [1.165, 1.54) is 6.42 Å². The van der Waals surface area contributed by atoms with Crippen molar-refractivity contribution in [3.05, 3.63) is 0 Å². The normalized spacial score (nSPS) is 47.2. The Hall–Kier alpha value is -0.550. The van der Waals surface area contributed by atoms with Crippen molar-refractivity contribution in [3.8, 4) is 6.07 Å². The van der Waals surface area contributed by atoms with Crippen molar-refractivity contribution in [2.24, 2.45) is 11.8 Å². The molecule has 1 aliphatic heterocycles. The van der Waals surface area contributed by atoms with Crippen LogP contribution in [0.15, 0.2) is 0 Å². The van der Waals surface area contributed by atoms with E-state index in [1.807, 2.05) is 0 Å². The van der Waals surface area contributed by atoms with E-state index >= 15 is 0 Å². The van der Waals surface area contributed by atoms with Crippen LogP contribution in [0.25, 0.3) is 0 Å². The van der Waals surface area contributed by atoms with Crippen LogP contribution in [0, 0.1) is 23.2 Å². The minimum absolute atomic E-state index is 0.161. The van der Waals surface area contributed by atoms with Gasteiger partial charge in [-0.25, -0.2) is 0 Å². The molecule has 0 radical (unpaired) electrons. The van der Waals surface area contributed by atoms with Crippen molar-refractivity contribution in [2.45, 2.75) is 18.9 Å². The average molecular weight is 122 g/mol. The van der Waals surface area contributed by atoms with Crippen LogP contribution in [-0.2, 0) is 0 Å². The van der Waals surface area contributed by atoms with Crippen LogP contribution in [0.2, 0.25) is 0 Å². The molecular formula is C7H10N2. The van der Waals surface area contributed by atoms with Gasteiger partial charge >= 0.3 is 0 Å². The first-order valence-corrected chi connectivity index (χ1v) is 3.53. The third-order valence-electron chi connectivity index (χ3n) is 2.39. The minimum atomic E-state index is 0.161. The van der Waals surface area contributed by atoms with E-state index in [9.17, 15) is 0 Å². The van der Waals surface area contributed by atoms with Gasteiger partial charge in [-0.15, -0.1) is 0 Å². The summed E-state index contributed by atoms with van der Waals surface area (Å²) in [5.41, 5.74) is 0. The number of fused-ring (bicyclic) bond motifs is 1. The standard InChI is InChI=1S/C7H10N2/c8-3-7-2-5-1-6(5)4-9-7/h5-7,9H,1-2,4H2. The fourth-order valence-corrected chi connectivity index (χ4v) is 1.63. The van der Waals surface area contributed by atoms with Gasteiger partial charge in [-0.05, 0) is 31.2 Å². The molecule has 0 bridgehead atoms. The zero-order valence-corrected chi connectivity index (χ0v) is 5.30. The molecule has 3 atom stereocenters. The Kier molecular flexibility index (Phi) is 1.000. The largest absolute Gasteiger partial charge is 0.302 e. The van der Waals surface area contributed by atoms with Gasteiger partial charge in [0.1, 0.15) is 0 Å². The summed E-state index contributed by atoms with van der Waals surface area (Å²) < 4.78 is 0. The quantitative estimate of drug-likeness (QED) is 0.508. The van der Waals surface area contributed by atoms with Gasteiger partial charge in [0, 0.05) is 0 Å². The van der Waals surface area contributed by atoms with E-state index in [2.05, 4.69) is 11.4 Å². The molecule has 1 N–H and O–H groups in total. The Labute approximate surface area is 54.9 Å². The number of hydrogen-bond acceptors (Lipinski definition) is 2. The number of nitrogens with zero attached hydrogens (tertiary/aromatic N) is 1. The first-order valence-electron chi connectivity index (χ1n) is 3.53. The van der Waals surface area contributed by atoms with Crippen LogP contribution < -0.4 is 5.32 Å². The molecule has 2 fully saturated rings. The molecular weight excluding hydrogens is 112 g/mol. The lowest BCUT2D eigenvalue weighted by Crippen LogP contribution is -2.34. The van der Waals surface area contributed by atoms with Crippen LogP contribution in [0.1, 0.15) is 12.8 Å². The fraction of sp³-hybridized carbons (Fsp3) is 0.857. The molecule has 2 nitrogen and oxygen atoms in total. The highest BCUT2D eigenvalue weighted by atomic mass is 14.9. The molecule has 1 aliphatic carbocycles. The predicted molar refractivity (Wildman–Crippen MR) is 33.6 cm³/mol.